The first-order valence-electron chi connectivity index (χ1n) is 7.32. The molecule has 1 fully saturated rings. The van der Waals surface area contributed by atoms with Gasteiger partial charge in [0.1, 0.15) is 0 Å². The number of nitrogens with zero attached hydrogens (tertiary/aromatic N) is 1. The van der Waals surface area contributed by atoms with Crippen LogP contribution >= 0.6 is 0 Å². The zero-order valence-corrected chi connectivity index (χ0v) is 12.7. The van der Waals surface area contributed by atoms with Crippen molar-refractivity contribution in [1.29, 1.82) is 0 Å². The van der Waals surface area contributed by atoms with Gasteiger partial charge in [0.2, 0.25) is 0 Å². The van der Waals surface area contributed by atoms with Crippen molar-refractivity contribution in [1.82, 2.24) is 4.98 Å². The molecule has 3 rings (SSSR count). The van der Waals surface area contributed by atoms with Gasteiger partial charge in [-0.3, -0.25) is 4.98 Å². The Morgan fingerprint density at radius 1 is 1.29 bits per heavy atom. The number of pyridine rings is 1. The molecule has 1 aromatic heterocycles. The highest BCUT2D eigenvalue weighted by molar-refractivity contribution is 7.91. The monoisotopic (exact) mass is 304 g/mol. The number of sulfone groups is 1. The predicted molar refractivity (Wildman–Crippen MR) is 84.8 cm³/mol. The number of aromatic nitrogens is 1. The maximum Gasteiger partial charge on any atom is 0.150 e. The van der Waals surface area contributed by atoms with Crippen LogP contribution < -0.4 is 5.73 Å². The maximum atomic E-state index is 11.5. The fourth-order valence-electron chi connectivity index (χ4n) is 3.18. The fourth-order valence-corrected chi connectivity index (χ4v) is 5.07. The molecule has 4 nitrogen and oxygen atoms in total. The Morgan fingerprint density at radius 3 is 2.86 bits per heavy atom. The number of fused-ring (bicyclic) bond motifs is 1. The van der Waals surface area contributed by atoms with Gasteiger partial charge in [-0.15, -0.1) is 0 Å². The van der Waals surface area contributed by atoms with Crippen molar-refractivity contribution in [2.45, 2.75) is 25.3 Å². The van der Waals surface area contributed by atoms with Crippen LogP contribution in [0.15, 0.2) is 36.5 Å². The Morgan fingerprint density at radius 2 is 2.10 bits per heavy atom. The number of hydrogen-bond donors (Lipinski definition) is 1. The molecule has 1 aliphatic heterocycles. The molecule has 0 amide bonds. The molecule has 2 N–H and O–H groups in total. The van der Waals surface area contributed by atoms with Gasteiger partial charge >= 0.3 is 0 Å². The summed E-state index contributed by atoms with van der Waals surface area (Å²) >= 11 is 0. The molecule has 2 aromatic rings. The molecule has 0 saturated carbocycles. The van der Waals surface area contributed by atoms with E-state index in [0.717, 1.165) is 30.2 Å². The summed E-state index contributed by atoms with van der Waals surface area (Å²) < 4.78 is 23.0. The molecule has 2 heterocycles. The molecule has 21 heavy (non-hydrogen) atoms. The van der Waals surface area contributed by atoms with E-state index in [9.17, 15) is 8.42 Å². The normalized spacial score (nSPS) is 22.4. The Balaban J connectivity index is 1.71. The van der Waals surface area contributed by atoms with Gasteiger partial charge in [-0.05, 0) is 42.9 Å². The molecule has 2 atom stereocenters. The van der Waals surface area contributed by atoms with E-state index in [1.807, 2.05) is 30.5 Å². The van der Waals surface area contributed by atoms with E-state index in [1.165, 1.54) is 5.56 Å². The summed E-state index contributed by atoms with van der Waals surface area (Å²) in [5.74, 6) is 0.846. The lowest BCUT2D eigenvalue weighted by Crippen LogP contribution is -2.26. The van der Waals surface area contributed by atoms with E-state index in [2.05, 4.69) is 11.1 Å². The molecule has 5 heteroatoms. The van der Waals surface area contributed by atoms with Crippen molar-refractivity contribution in [3.05, 3.63) is 42.1 Å². The van der Waals surface area contributed by atoms with Crippen molar-refractivity contribution in [2.24, 2.45) is 11.7 Å². The summed E-state index contributed by atoms with van der Waals surface area (Å²) in [5.41, 5.74) is 8.42. The van der Waals surface area contributed by atoms with Crippen molar-refractivity contribution in [3.8, 4) is 0 Å². The van der Waals surface area contributed by atoms with E-state index in [1.54, 1.807) is 0 Å². The average molecular weight is 304 g/mol. The lowest BCUT2D eigenvalue weighted by atomic mass is 9.94. The quantitative estimate of drug-likeness (QED) is 0.936. The van der Waals surface area contributed by atoms with Gasteiger partial charge in [-0.1, -0.05) is 18.2 Å². The minimum absolute atomic E-state index is 0.00546. The van der Waals surface area contributed by atoms with Gasteiger partial charge in [0, 0.05) is 17.6 Å². The van der Waals surface area contributed by atoms with Gasteiger partial charge in [-0.25, -0.2) is 8.42 Å². The number of benzene rings is 1. The molecular weight excluding hydrogens is 284 g/mol. The van der Waals surface area contributed by atoms with Crippen LogP contribution in [0.5, 0.6) is 0 Å². The Kier molecular flexibility index (Phi) is 3.95. The van der Waals surface area contributed by atoms with E-state index < -0.39 is 9.84 Å². The first-order chi connectivity index (χ1) is 10.0. The smallest absolute Gasteiger partial charge is 0.150 e. The summed E-state index contributed by atoms with van der Waals surface area (Å²) in [7, 11) is -2.81. The van der Waals surface area contributed by atoms with Gasteiger partial charge in [0.15, 0.2) is 9.84 Å². The molecule has 0 spiro atoms. The Bertz CT molecular complexity index is 738. The lowest BCUT2D eigenvalue weighted by Gasteiger charge is -2.16. The van der Waals surface area contributed by atoms with Crippen LogP contribution in [0.3, 0.4) is 0 Å². The van der Waals surface area contributed by atoms with E-state index in [4.69, 9.17) is 5.73 Å². The number of para-hydroxylation sites is 1. The highest BCUT2D eigenvalue weighted by Gasteiger charge is 2.29. The van der Waals surface area contributed by atoms with Crippen molar-refractivity contribution in [3.63, 3.8) is 0 Å². The summed E-state index contributed by atoms with van der Waals surface area (Å²) in [6, 6.07) is 10.0. The molecule has 0 aliphatic carbocycles. The number of hydrogen-bond acceptors (Lipinski definition) is 4. The number of rotatable bonds is 4. The fraction of sp³-hybridized carbons (Fsp3) is 0.438. The second kappa shape index (κ2) is 5.73. The molecule has 112 valence electrons. The molecule has 0 radical (unpaired) electrons. The minimum Gasteiger partial charge on any atom is -0.327 e. The predicted octanol–water partition coefficient (Wildman–Crippen LogP) is 1.93. The third kappa shape index (κ3) is 3.41. The summed E-state index contributed by atoms with van der Waals surface area (Å²) in [6.45, 7) is 0. The lowest BCUT2D eigenvalue weighted by molar-refractivity contribution is 0.469. The molecule has 1 saturated heterocycles. The van der Waals surface area contributed by atoms with Crippen LogP contribution in [-0.4, -0.2) is 30.9 Å². The second-order valence-electron chi connectivity index (χ2n) is 5.96. The summed E-state index contributed by atoms with van der Waals surface area (Å²) in [4.78, 5) is 4.35. The standard InChI is InChI=1S/C16H20N2O2S/c17-14(9-12-6-8-21(19,20)11-12)10-13-5-7-18-16-4-2-1-3-15(13)16/h1-5,7,12,14H,6,8-11,17H2. The van der Waals surface area contributed by atoms with Gasteiger partial charge in [0.05, 0.1) is 17.0 Å². The van der Waals surface area contributed by atoms with Crippen molar-refractivity contribution in [2.75, 3.05) is 11.5 Å². The van der Waals surface area contributed by atoms with Gasteiger partial charge in [-0.2, -0.15) is 0 Å². The van der Waals surface area contributed by atoms with Crippen LogP contribution in [-0.2, 0) is 16.3 Å². The van der Waals surface area contributed by atoms with Crippen LogP contribution in [0.2, 0.25) is 0 Å². The van der Waals surface area contributed by atoms with Crippen LogP contribution in [0.4, 0.5) is 0 Å². The molecule has 0 bridgehead atoms. The highest BCUT2D eigenvalue weighted by Crippen LogP contribution is 2.24. The van der Waals surface area contributed by atoms with Gasteiger partial charge < -0.3 is 5.73 Å². The molecule has 1 aromatic carbocycles. The Hall–Kier alpha value is -1.46. The van der Waals surface area contributed by atoms with Crippen molar-refractivity contribution < 1.29 is 8.42 Å². The summed E-state index contributed by atoms with van der Waals surface area (Å²) in [6.07, 6.45) is 4.10. The zero-order valence-electron chi connectivity index (χ0n) is 11.9. The maximum absolute atomic E-state index is 11.5. The number of nitrogens with two attached hydrogens (primary N) is 1. The third-order valence-electron chi connectivity index (χ3n) is 4.18. The van der Waals surface area contributed by atoms with E-state index in [0.29, 0.717) is 11.5 Å². The topological polar surface area (TPSA) is 73.0 Å². The first kappa shape index (κ1) is 14.5. The van der Waals surface area contributed by atoms with Crippen LogP contribution in [0.25, 0.3) is 10.9 Å². The van der Waals surface area contributed by atoms with Crippen molar-refractivity contribution >= 4 is 20.7 Å². The SMILES string of the molecule is NC(Cc1ccnc2ccccc12)CC1CCS(=O)(=O)C1. The Labute approximate surface area is 125 Å². The minimum atomic E-state index is -2.81. The summed E-state index contributed by atoms with van der Waals surface area (Å²) in [5, 5.41) is 1.13. The molecule has 1 aliphatic rings. The van der Waals surface area contributed by atoms with Crippen LogP contribution in [0.1, 0.15) is 18.4 Å². The highest BCUT2D eigenvalue weighted by atomic mass is 32.2. The first-order valence-corrected chi connectivity index (χ1v) is 9.14. The van der Waals surface area contributed by atoms with E-state index in [-0.39, 0.29) is 12.0 Å². The third-order valence-corrected chi connectivity index (χ3v) is 6.02. The molecular formula is C16H20N2O2S. The largest absolute Gasteiger partial charge is 0.327 e. The molecule has 2 unspecified atom stereocenters. The second-order valence-corrected chi connectivity index (χ2v) is 8.18. The average Bonchev–Trinajstić information content (AvgIpc) is 2.78. The zero-order chi connectivity index (χ0) is 14.9. The van der Waals surface area contributed by atoms with Gasteiger partial charge in [0.25, 0.3) is 0 Å². The van der Waals surface area contributed by atoms with Crippen LogP contribution in [0, 0.1) is 5.92 Å². The van der Waals surface area contributed by atoms with E-state index >= 15 is 0 Å².